The summed E-state index contributed by atoms with van der Waals surface area (Å²) in [5.74, 6) is 1.44. The van der Waals surface area contributed by atoms with E-state index in [4.69, 9.17) is 5.26 Å². The third-order valence-corrected chi connectivity index (χ3v) is 5.66. The lowest BCUT2D eigenvalue weighted by atomic mass is 9.81. The number of aromatic nitrogens is 4. The number of fused-ring (bicyclic) bond motifs is 3. The molecule has 0 saturated heterocycles. The van der Waals surface area contributed by atoms with Crippen molar-refractivity contribution in [3.05, 3.63) is 52.8 Å². The van der Waals surface area contributed by atoms with Crippen LogP contribution in [0.1, 0.15) is 59.3 Å². The lowest BCUT2D eigenvalue weighted by Crippen LogP contribution is -2.22. The van der Waals surface area contributed by atoms with Crippen molar-refractivity contribution in [3.63, 3.8) is 0 Å². The molecule has 0 fully saturated rings. The smallest absolute Gasteiger partial charge is 0.253 e. The molecule has 1 aliphatic carbocycles. The van der Waals surface area contributed by atoms with Crippen molar-refractivity contribution in [2.45, 2.75) is 43.7 Å². The lowest BCUT2D eigenvalue weighted by molar-refractivity contribution is 0.0962. The molecule has 0 aliphatic heterocycles. The highest BCUT2D eigenvalue weighted by Gasteiger charge is 2.29. The predicted molar refractivity (Wildman–Crippen MR) is 103 cm³/mol. The zero-order valence-electron chi connectivity index (χ0n) is 15.2. The zero-order valence-corrected chi connectivity index (χ0v) is 16.0. The van der Waals surface area contributed by atoms with Gasteiger partial charge in [0.2, 0.25) is 5.16 Å². The Morgan fingerprint density at radius 3 is 2.78 bits per heavy atom. The molecule has 2 heterocycles. The second kappa shape index (κ2) is 7.12. The van der Waals surface area contributed by atoms with E-state index in [-0.39, 0.29) is 17.5 Å². The first-order valence-corrected chi connectivity index (χ1v) is 9.93. The summed E-state index contributed by atoms with van der Waals surface area (Å²) < 4.78 is 1.67. The van der Waals surface area contributed by atoms with Crippen LogP contribution >= 0.6 is 11.8 Å². The number of nitrogens with zero attached hydrogens (tertiary/aromatic N) is 5. The van der Waals surface area contributed by atoms with Crippen molar-refractivity contribution in [2.75, 3.05) is 5.75 Å². The van der Waals surface area contributed by atoms with Gasteiger partial charge in [-0.25, -0.2) is 4.98 Å². The normalized spacial score (nSPS) is 16.5. The van der Waals surface area contributed by atoms with Gasteiger partial charge in [-0.15, -0.1) is 5.10 Å². The minimum atomic E-state index is 0.0883. The Bertz CT molecular complexity index is 1050. The van der Waals surface area contributed by atoms with E-state index in [1.807, 2.05) is 0 Å². The van der Waals surface area contributed by atoms with E-state index in [1.165, 1.54) is 22.9 Å². The minimum Gasteiger partial charge on any atom is -0.294 e. The van der Waals surface area contributed by atoms with Crippen molar-refractivity contribution in [1.29, 1.82) is 5.26 Å². The second-order valence-electron chi connectivity index (χ2n) is 7.02. The van der Waals surface area contributed by atoms with Gasteiger partial charge < -0.3 is 0 Å². The average Bonchev–Trinajstić information content (AvgIpc) is 3.10. The highest BCUT2D eigenvalue weighted by molar-refractivity contribution is 7.99. The van der Waals surface area contributed by atoms with Gasteiger partial charge in [0.15, 0.2) is 5.78 Å². The number of hydrogen-bond donors (Lipinski definition) is 0. The summed E-state index contributed by atoms with van der Waals surface area (Å²) in [6.07, 6.45) is 2.80. The van der Waals surface area contributed by atoms with Crippen LogP contribution in [0.4, 0.5) is 0 Å². The van der Waals surface area contributed by atoms with E-state index in [0.717, 1.165) is 5.69 Å². The highest BCUT2D eigenvalue weighted by Crippen LogP contribution is 2.33. The van der Waals surface area contributed by atoms with Crippen molar-refractivity contribution in [3.8, 4) is 6.07 Å². The molecule has 2 aromatic heterocycles. The lowest BCUT2D eigenvalue weighted by Gasteiger charge is -2.24. The van der Waals surface area contributed by atoms with E-state index in [2.05, 4.69) is 59.2 Å². The molecule has 0 amide bonds. The van der Waals surface area contributed by atoms with E-state index in [9.17, 15) is 4.79 Å². The molecular formula is C20H19N5OS. The van der Waals surface area contributed by atoms with Crippen LogP contribution in [0.5, 0.6) is 0 Å². The van der Waals surface area contributed by atoms with Gasteiger partial charge >= 0.3 is 0 Å². The number of hydrogen-bond acceptors (Lipinski definition) is 6. The van der Waals surface area contributed by atoms with Crippen LogP contribution in [0.25, 0.3) is 5.78 Å². The number of carbonyl (C=O) groups is 1. The van der Waals surface area contributed by atoms with E-state index < -0.39 is 0 Å². The fourth-order valence-corrected chi connectivity index (χ4v) is 3.96. The Balaban J connectivity index is 1.70. The third kappa shape index (κ3) is 3.33. The molecule has 1 aliphatic rings. The number of ketones is 1. The minimum absolute atomic E-state index is 0.0883. The fraction of sp³-hybridized carbons (Fsp3) is 0.350. The van der Waals surface area contributed by atoms with E-state index in [0.29, 0.717) is 35.3 Å². The van der Waals surface area contributed by atoms with Crippen LogP contribution in [0.3, 0.4) is 0 Å². The Morgan fingerprint density at radius 1 is 1.30 bits per heavy atom. The standard InChI is InChI=1S/C20H19N5OS/c1-12(2)13-3-5-14(6-4-13)15-9-17-16(18(26)10-15)11-22-19-23-20(24-25(17)19)27-8-7-21/h3-6,11-12,15H,8-10H2,1-2H3. The van der Waals surface area contributed by atoms with Gasteiger partial charge in [0, 0.05) is 12.6 Å². The van der Waals surface area contributed by atoms with Crippen LogP contribution < -0.4 is 0 Å². The van der Waals surface area contributed by atoms with Gasteiger partial charge in [-0.05, 0) is 29.4 Å². The average molecular weight is 377 g/mol. The SMILES string of the molecule is CC(C)c1ccc(C2CC(=O)c3cnc4nc(SCC#N)nn4c3C2)cc1. The Kier molecular flexibility index (Phi) is 4.66. The summed E-state index contributed by atoms with van der Waals surface area (Å²) >= 11 is 1.27. The van der Waals surface area contributed by atoms with Crippen LogP contribution in [0.2, 0.25) is 0 Å². The monoisotopic (exact) mass is 377 g/mol. The Labute approximate surface area is 161 Å². The molecule has 27 heavy (non-hydrogen) atoms. The molecular weight excluding hydrogens is 358 g/mol. The Hall–Kier alpha value is -2.72. The van der Waals surface area contributed by atoms with E-state index >= 15 is 0 Å². The topological polar surface area (TPSA) is 83.9 Å². The number of benzene rings is 1. The number of carbonyl (C=O) groups excluding carboxylic acids is 1. The molecule has 0 N–H and O–H groups in total. The largest absolute Gasteiger partial charge is 0.294 e. The number of rotatable bonds is 4. The summed E-state index contributed by atoms with van der Waals surface area (Å²) in [5.41, 5.74) is 3.94. The van der Waals surface area contributed by atoms with Crippen molar-refractivity contribution in [1.82, 2.24) is 19.6 Å². The zero-order chi connectivity index (χ0) is 19.0. The van der Waals surface area contributed by atoms with Gasteiger partial charge in [-0.1, -0.05) is 49.9 Å². The van der Waals surface area contributed by atoms with Gasteiger partial charge in [-0.3, -0.25) is 4.79 Å². The number of thioether (sulfide) groups is 1. The predicted octanol–water partition coefficient (Wildman–Crippen LogP) is 3.78. The highest BCUT2D eigenvalue weighted by atomic mass is 32.2. The van der Waals surface area contributed by atoms with Crippen molar-refractivity contribution < 1.29 is 4.79 Å². The van der Waals surface area contributed by atoms with Gasteiger partial charge in [0.05, 0.1) is 23.1 Å². The maximum Gasteiger partial charge on any atom is 0.253 e. The molecule has 0 bridgehead atoms. The molecule has 4 rings (SSSR count). The first-order chi connectivity index (χ1) is 13.1. The summed E-state index contributed by atoms with van der Waals surface area (Å²) in [6.45, 7) is 4.34. The molecule has 0 saturated carbocycles. The maximum atomic E-state index is 12.7. The van der Waals surface area contributed by atoms with Crippen LogP contribution in [0.15, 0.2) is 35.6 Å². The first-order valence-electron chi connectivity index (χ1n) is 8.94. The maximum absolute atomic E-state index is 12.7. The van der Waals surface area contributed by atoms with Crippen LogP contribution in [-0.4, -0.2) is 31.1 Å². The quantitative estimate of drug-likeness (QED) is 0.644. The molecule has 1 aromatic carbocycles. The van der Waals surface area contributed by atoms with Gasteiger partial charge in [0.1, 0.15) is 0 Å². The molecule has 1 atom stereocenters. The molecule has 1 unspecified atom stereocenters. The van der Waals surface area contributed by atoms with Crippen molar-refractivity contribution >= 4 is 23.3 Å². The van der Waals surface area contributed by atoms with Crippen molar-refractivity contribution in [2.24, 2.45) is 0 Å². The molecule has 0 spiro atoms. The second-order valence-corrected chi connectivity index (χ2v) is 7.96. The number of Topliss-reactive ketones (excluding diaryl/α,β-unsaturated/α-hetero) is 1. The Morgan fingerprint density at radius 2 is 2.07 bits per heavy atom. The molecule has 136 valence electrons. The fourth-order valence-electron chi connectivity index (χ4n) is 3.48. The van der Waals surface area contributed by atoms with E-state index in [1.54, 1.807) is 10.7 Å². The molecule has 7 heteroatoms. The summed E-state index contributed by atoms with van der Waals surface area (Å²) in [4.78, 5) is 21.3. The van der Waals surface area contributed by atoms with Gasteiger partial charge in [0.25, 0.3) is 5.78 Å². The number of nitriles is 1. The summed E-state index contributed by atoms with van der Waals surface area (Å²) in [7, 11) is 0. The third-order valence-electron chi connectivity index (χ3n) is 4.96. The summed E-state index contributed by atoms with van der Waals surface area (Å²) in [5, 5.41) is 13.7. The first kappa shape index (κ1) is 17.7. The van der Waals surface area contributed by atoms with Gasteiger partial charge in [-0.2, -0.15) is 14.8 Å². The summed E-state index contributed by atoms with van der Waals surface area (Å²) in [6, 6.07) is 10.6. The molecule has 6 nitrogen and oxygen atoms in total. The van der Waals surface area contributed by atoms with Crippen LogP contribution in [-0.2, 0) is 6.42 Å². The molecule has 3 aromatic rings. The van der Waals surface area contributed by atoms with Crippen LogP contribution in [0, 0.1) is 11.3 Å². The molecule has 0 radical (unpaired) electrons.